The second-order valence-electron chi connectivity index (χ2n) is 10.4. The number of phenols is 1. The molecule has 3 rings (SSSR count). The SMILES string of the molecule is NC(N)=NCCCC(NC(=O)C(Cc1ccc(O)cc1)NC(=O)C(Cc1cnc[nH]1)NC(=O)C(N)Cc1ccccc1)C(=O)O. The fourth-order valence-corrected chi connectivity index (χ4v) is 4.45. The van der Waals surface area contributed by atoms with E-state index in [1.165, 1.54) is 24.7 Å². The number of nitrogens with one attached hydrogen (secondary N) is 4. The van der Waals surface area contributed by atoms with Crippen molar-refractivity contribution in [1.29, 1.82) is 0 Å². The first-order chi connectivity index (χ1) is 21.5. The van der Waals surface area contributed by atoms with Gasteiger partial charge in [-0.1, -0.05) is 42.5 Å². The van der Waals surface area contributed by atoms with E-state index in [2.05, 4.69) is 30.9 Å². The molecule has 4 unspecified atom stereocenters. The zero-order valence-electron chi connectivity index (χ0n) is 24.6. The van der Waals surface area contributed by atoms with Gasteiger partial charge in [0.15, 0.2) is 5.96 Å². The zero-order chi connectivity index (χ0) is 32.8. The van der Waals surface area contributed by atoms with Crippen LogP contribution in [0, 0.1) is 0 Å². The van der Waals surface area contributed by atoms with E-state index in [1.807, 2.05) is 30.3 Å². The van der Waals surface area contributed by atoms with E-state index >= 15 is 0 Å². The molecule has 0 spiro atoms. The van der Waals surface area contributed by atoms with Crippen molar-refractivity contribution in [2.24, 2.45) is 22.2 Å². The molecule has 0 saturated carbocycles. The Labute approximate surface area is 259 Å². The van der Waals surface area contributed by atoms with E-state index in [0.717, 1.165) is 5.56 Å². The fraction of sp³-hybridized carbons (Fsp3) is 0.333. The molecular weight excluding hydrogens is 582 g/mol. The van der Waals surface area contributed by atoms with Gasteiger partial charge in [-0.3, -0.25) is 19.4 Å². The molecule has 240 valence electrons. The van der Waals surface area contributed by atoms with Crippen molar-refractivity contribution >= 4 is 29.7 Å². The topological polar surface area (TPSA) is 264 Å². The molecule has 15 heteroatoms. The van der Waals surface area contributed by atoms with Crippen LogP contribution in [0.3, 0.4) is 0 Å². The molecule has 12 N–H and O–H groups in total. The Hall–Kier alpha value is -5.44. The Bertz CT molecular complexity index is 1430. The normalized spacial score (nSPS) is 13.4. The number of aliphatic carboxylic acids is 1. The molecule has 1 heterocycles. The van der Waals surface area contributed by atoms with Gasteiger partial charge in [0, 0.05) is 31.3 Å². The van der Waals surface area contributed by atoms with Crippen molar-refractivity contribution in [2.75, 3.05) is 6.54 Å². The summed E-state index contributed by atoms with van der Waals surface area (Å²) in [5, 5.41) is 27.2. The first-order valence-electron chi connectivity index (χ1n) is 14.3. The van der Waals surface area contributed by atoms with Crippen LogP contribution < -0.4 is 33.2 Å². The van der Waals surface area contributed by atoms with Gasteiger partial charge in [-0.15, -0.1) is 0 Å². The summed E-state index contributed by atoms with van der Waals surface area (Å²) in [4.78, 5) is 62.8. The van der Waals surface area contributed by atoms with Crippen molar-refractivity contribution in [3.05, 3.63) is 83.9 Å². The maximum absolute atomic E-state index is 13.7. The van der Waals surface area contributed by atoms with Crippen LogP contribution in [-0.4, -0.2) is 80.5 Å². The second-order valence-corrected chi connectivity index (χ2v) is 10.4. The van der Waals surface area contributed by atoms with Gasteiger partial charge in [-0.2, -0.15) is 0 Å². The standard InChI is InChI=1S/C30H39N9O6/c31-22(13-18-5-2-1-3-6-18)26(41)38-25(15-20-16-34-17-36-20)28(43)39-24(14-19-8-10-21(40)11-9-19)27(42)37-23(29(44)45)7-4-12-35-30(32)33/h1-3,5-6,8-11,16-17,22-25,40H,4,7,12-15,31H2,(H,34,36)(H,37,42)(H,38,41)(H,39,43)(H,44,45)(H4,32,33,35). The highest BCUT2D eigenvalue weighted by atomic mass is 16.4. The number of carbonyl (C=O) groups excluding carboxylic acids is 3. The number of hydrogen-bond donors (Lipinski definition) is 9. The third-order valence-corrected chi connectivity index (χ3v) is 6.82. The van der Waals surface area contributed by atoms with Gasteiger partial charge in [-0.05, 0) is 42.5 Å². The molecular formula is C30H39N9O6. The number of aromatic hydroxyl groups is 1. The molecule has 0 radical (unpaired) electrons. The molecule has 2 aromatic carbocycles. The van der Waals surface area contributed by atoms with Crippen LogP contribution in [0.25, 0.3) is 0 Å². The van der Waals surface area contributed by atoms with Gasteiger partial charge in [-0.25, -0.2) is 9.78 Å². The summed E-state index contributed by atoms with van der Waals surface area (Å²) < 4.78 is 0. The lowest BCUT2D eigenvalue weighted by atomic mass is 10.0. The van der Waals surface area contributed by atoms with Crippen LogP contribution in [0.1, 0.15) is 29.7 Å². The molecule has 3 amide bonds. The van der Waals surface area contributed by atoms with Crippen molar-refractivity contribution in [3.63, 3.8) is 0 Å². The highest BCUT2D eigenvalue weighted by Gasteiger charge is 2.31. The number of aliphatic imine (C=N–C) groups is 1. The average Bonchev–Trinajstić information content (AvgIpc) is 3.52. The minimum absolute atomic E-state index is 0.00433. The van der Waals surface area contributed by atoms with Gasteiger partial charge >= 0.3 is 5.97 Å². The first-order valence-corrected chi connectivity index (χ1v) is 14.3. The Kier molecular flexibility index (Phi) is 12.9. The maximum Gasteiger partial charge on any atom is 0.326 e. The molecule has 1 aromatic heterocycles. The minimum Gasteiger partial charge on any atom is -0.508 e. The lowest BCUT2D eigenvalue weighted by Crippen LogP contribution is -2.58. The Morgan fingerprint density at radius 1 is 0.822 bits per heavy atom. The molecule has 0 bridgehead atoms. The van der Waals surface area contributed by atoms with Crippen molar-refractivity contribution in [2.45, 2.75) is 56.3 Å². The van der Waals surface area contributed by atoms with E-state index in [0.29, 0.717) is 11.3 Å². The maximum atomic E-state index is 13.7. The molecule has 45 heavy (non-hydrogen) atoms. The second kappa shape index (κ2) is 17.0. The molecule has 3 aromatic rings. The Balaban J connectivity index is 1.79. The molecule has 4 atom stereocenters. The number of H-pyrrole nitrogens is 1. The van der Waals surface area contributed by atoms with E-state index in [4.69, 9.17) is 17.2 Å². The number of phenolic OH excluding ortho intramolecular Hbond substituents is 1. The number of aromatic nitrogens is 2. The number of carbonyl (C=O) groups is 4. The summed E-state index contributed by atoms with van der Waals surface area (Å²) >= 11 is 0. The van der Waals surface area contributed by atoms with Crippen molar-refractivity contribution < 1.29 is 29.4 Å². The summed E-state index contributed by atoms with van der Waals surface area (Å²) in [6.07, 6.45) is 3.41. The number of carboxylic acids is 1. The number of nitrogens with two attached hydrogens (primary N) is 3. The van der Waals surface area contributed by atoms with Gasteiger partial charge in [0.2, 0.25) is 17.7 Å². The molecule has 0 aliphatic carbocycles. The van der Waals surface area contributed by atoms with Crippen LogP contribution in [0.2, 0.25) is 0 Å². The highest BCUT2D eigenvalue weighted by Crippen LogP contribution is 2.13. The van der Waals surface area contributed by atoms with Gasteiger partial charge in [0.1, 0.15) is 23.9 Å². The number of imidazole rings is 1. The van der Waals surface area contributed by atoms with Crippen LogP contribution in [0.15, 0.2) is 72.1 Å². The minimum atomic E-state index is -1.29. The summed E-state index contributed by atoms with van der Waals surface area (Å²) in [5.41, 5.74) is 18.7. The van der Waals surface area contributed by atoms with Crippen molar-refractivity contribution in [3.8, 4) is 5.75 Å². The van der Waals surface area contributed by atoms with Gasteiger partial charge < -0.3 is 48.3 Å². The van der Waals surface area contributed by atoms with Crippen LogP contribution >= 0.6 is 0 Å². The fourth-order valence-electron chi connectivity index (χ4n) is 4.45. The monoisotopic (exact) mass is 621 g/mol. The third-order valence-electron chi connectivity index (χ3n) is 6.82. The average molecular weight is 622 g/mol. The number of benzene rings is 2. The smallest absolute Gasteiger partial charge is 0.326 e. The number of amides is 3. The number of guanidine groups is 1. The lowest BCUT2D eigenvalue weighted by molar-refractivity contribution is -0.142. The van der Waals surface area contributed by atoms with Crippen LogP contribution in [-0.2, 0) is 38.4 Å². The largest absolute Gasteiger partial charge is 0.508 e. The van der Waals surface area contributed by atoms with Crippen molar-refractivity contribution in [1.82, 2.24) is 25.9 Å². The van der Waals surface area contributed by atoms with Gasteiger partial charge in [0.25, 0.3) is 0 Å². The highest BCUT2D eigenvalue weighted by molar-refractivity contribution is 5.94. The number of nitrogens with zero attached hydrogens (tertiary/aromatic N) is 2. The predicted molar refractivity (Wildman–Crippen MR) is 166 cm³/mol. The molecule has 0 aliphatic rings. The third kappa shape index (κ3) is 11.6. The van der Waals surface area contributed by atoms with E-state index < -0.39 is 47.9 Å². The summed E-state index contributed by atoms with van der Waals surface area (Å²) in [6, 6.07) is 10.5. The summed E-state index contributed by atoms with van der Waals surface area (Å²) in [7, 11) is 0. The Morgan fingerprint density at radius 2 is 1.42 bits per heavy atom. The van der Waals surface area contributed by atoms with Crippen LogP contribution in [0.5, 0.6) is 5.75 Å². The molecule has 15 nitrogen and oxygen atoms in total. The lowest BCUT2D eigenvalue weighted by Gasteiger charge is -2.25. The van der Waals surface area contributed by atoms with E-state index in [1.54, 1.807) is 12.1 Å². The summed E-state index contributed by atoms with van der Waals surface area (Å²) in [6.45, 7) is 0.164. The molecule has 0 fully saturated rings. The van der Waals surface area contributed by atoms with E-state index in [9.17, 15) is 29.4 Å². The number of aromatic amines is 1. The summed E-state index contributed by atoms with van der Waals surface area (Å²) in [5.74, 6) is -3.46. The zero-order valence-corrected chi connectivity index (χ0v) is 24.6. The van der Waals surface area contributed by atoms with Crippen LogP contribution in [0.4, 0.5) is 0 Å². The Morgan fingerprint density at radius 3 is 2.02 bits per heavy atom. The predicted octanol–water partition coefficient (Wildman–Crippen LogP) is -0.937. The number of rotatable bonds is 17. The first kappa shape index (κ1) is 34.1. The molecule has 0 saturated heterocycles. The molecule has 0 aliphatic heterocycles. The van der Waals surface area contributed by atoms with E-state index in [-0.39, 0.29) is 50.4 Å². The number of hydrogen-bond acceptors (Lipinski definition) is 8. The quantitative estimate of drug-likeness (QED) is 0.0507. The number of carboxylic acid groups (broad SMARTS) is 1. The van der Waals surface area contributed by atoms with Gasteiger partial charge in [0.05, 0.1) is 12.4 Å².